The highest BCUT2D eigenvalue weighted by molar-refractivity contribution is 7.79. The number of benzene rings is 1. The molecule has 2 N–H and O–H groups in total. The van der Waals surface area contributed by atoms with E-state index in [0.717, 1.165) is 10.0 Å². The summed E-state index contributed by atoms with van der Waals surface area (Å²) in [5.41, 5.74) is 0. The molecule has 0 amide bonds. The molecule has 84 valence electrons. The molecule has 0 saturated heterocycles. The van der Waals surface area contributed by atoms with Crippen molar-refractivity contribution in [2.45, 2.75) is 0 Å². The molecule has 1 rings (SSSR count). The molecule has 1 aromatic carbocycles. The van der Waals surface area contributed by atoms with E-state index in [-0.39, 0.29) is 0 Å². The first-order chi connectivity index (χ1) is 6.79. The molecule has 0 atom stereocenters. The first-order valence-electron chi connectivity index (χ1n) is 3.10. The van der Waals surface area contributed by atoms with Gasteiger partial charge in [0.1, 0.15) is 0 Å². The van der Waals surface area contributed by atoms with E-state index in [0.29, 0.717) is 0 Å². The smallest absolute Gasteiger partial charge is 0.264 e. The van der Waals surface area contributed by atoms with Crippen LogP contribution in [0.3, 0.4) is 0 Å². The number of rotatable bonds is 0. The maximum absolute atomic E-state index is 8.74. The van der Waals surface area contributed by atoms with E-state index in [4.69, 9.17) is 51.5 Å². The SMILES string of the molecule is Clc1ccc(Cl)cc1.N#N.O=S(=O)(O)O. The van der Waals surface area contributed by atoms with Crippen LogP contribution in [0.5, 0.6) is 0 Å². The van der Waals surface area contributed by atoms with Crippen LogP contribution in [0.15, 0.2) is 24.3 Å². The van der Waals surface area contributed by atoms with Gasteiger partial charge in [0, 0.05) is 20.8 Å². The van der Waals surface area contributed by atoms with Gasteiger partial charge in [0.05, 0.1) is 0 Å². The largest absolute Gasteiger partial charge is 0.394 e. The molecule has 0 aromatic heterocycles. The fourth-order valence-corrected chi connectivity index (χ4v) is 0.682. The highest BCUT2D eigenvalue weighted by Gasteiger charge is 1.85. The van der Waals surface area contributed by atoms with Gasteiger partial charge in [-0.25, -0.2) is 0 Å². The normalized spacial score (nSPS) is 8.93. The summed E-state index contributed by atoms with van der Waals surface area (Å²) in [5.74, 6) is 0. The van der Waals surface area contributed by atoms with Gasteiger partial charge in [0.25, 0.3) is 0 Å². The van der Waals surface area contributed by atoms with Crippen LogP contribution in [-0.4, -0.2) is 17.5 Å². The minimum absolute atomic E-state index is 0.717. The predicted octanol–water partition coefficient (Wildman–Crippen LogP) is 2.37. The molecule has 15 heavy (non-hydrogen) atoms. The molecule has 6 nitrogen and oxygen atoms in total. The van der Waals surface area contributed by atoms with Crippen LogP contribution in [-0.2, 0) is 10.4 Å². The molecule has 0 saturated carbocycles. The van der Waals surface area contributed by atoms with Crippen LogP contribution in [0.1, 0.15) is 0 Å². The van der Waals surface area contributed by atoms with Gasteiger partial charge in [-0.1, -0.05) is 23.2 Å². The second kappa shape index (κ2) is 8.40. The van der Waals surface area contributed by atoms with Crippen molar-refractivity contribution < 1.29 is 17.5 Å². The number of hydrogen-bond acceptors (Lipinski definition) is 4. The Morgan fingerprint density at radius 2 is 1.07 bits per heavy atom. The summed E-state index contributed by atoms with van der Waals surface area (Å²) >= 11 is 11.1. The predicted molar refractivity (Wildman–Crippen MR) is 54.1 cm³/mol. The van der Waals surface area contributed by atoms with Crippen molar-refractivity contribution in [3.63, 3.8) is 0 Å². The molecular formula is C6H6Cl2N2O4S. The molecular weight excluding hydrogens is 267 g/mol. The van der Waals surface area contributed by atoms with Crippen LogP contribution < -0.4 is 0 Å². The zero-order valence-corrected chi connectivity index (χ0v) is 9.41. The van der Waals surface area contributed by atoms with Crippen molar-refractivity contribution in [3.8, 4) is 0 Å². The summed E-state index contributed by atoms with van der Waals surface area (Å²) in [4.78, 5) is 0. The van der Waals surface area contributed by atoms with Crippen molar-refractivity contribution >= 4 is 33.6 Å². The molecule has 0 bridgehead atoms. The first kappa shape index (κ1) is 16.5. The molecule has 1 aromatic rings. The third-order valence-electron chi connectivity index (χ3n) is 0.804. The van der Waals surface area contributed by atoms with Gasteiger partial charge in [0.15, 0.2) is 0 Å². The van der Waals surface area contributed by atoms with E-state index in [2.05, 4.69) is 0 Å². The number of nitrogens with zero attached hydrogens (tertiary/aromatic N) is 2. The van der Waals surface area contributed by atoms with Gasteiger partial charge in [-0.2, -0.15) is 8.42 Å². The van der Waals surface area contributed by atoms with E-state index in [1.165, 1.54) is 0 Å². The molecule has 0 fully saturated rings. The van der Waals surface area contributed by atoms with E-state index in [1.807, 2.05) is 0 Å². The Morgan fingerprint density at radius 3 is 1.20 bits per heavy atom. The molecule has 0 spiro atoms. The van der Waals surface area contributed by atoms with Gasteiger partial charge in [0.2, 0.25) is 0 Å². The molecule has 0 radical (unpaired) electrons. The summed E-state index contributed by atoms with van der Waals surface area (Å²) in [6.07, 6.45) is 0. The summed E-state index contributed by atoms with van der Waals surface area (Å²) < 4.78 is 31.6. The second-order valence-corrected chi connectivity index (χ2v) is 3.65. The minimum atomic E-state index is -4.67. The number of halogens is 2. The van der Waals surface area contributed by atoms with Crippen molar-refractivity contribution in [1.29, 1.82) is 10.8 Å². The van der Waals surface area contributed by atoms with E-state index >= 15 is 0 Å². The zero-order valence-electron chi connectivity index (χ0n) is 7.08. The van der Waals surface area contributed by atoms with Crippen molar-refractivity contribution in [3.05, 3.63) is 34.3 Å². The van der Waals surface area contributed by atoms with E-state index in [1.54, 1.807) is 24.3 Å². The Balaban J connectivity index is 0. The third-order valence-corrected chi connectivity index (χ3v) is 1.31. The highest BCUT2D eigenvalue weighted by atomic mass is 35.5. The van der Waals surface area contributed by atoms with Crippen molar-refractivity contribution in [2.24, 2.45) is 0 Å². The Hall–Kier alpha value is -0.910. The van der Waals surface area contributed by atoms with Crippen LogP contribution in [0.2, 0.25) is 10.0 Å². The maximum Gasteiger partial charge on any atom is 0.394 e. The van der Waals surface area contributed by atoms with Gasteiger partial charge in [-0.15, -0.1) is 0 Å². The van der Waals surface area contributed by atoms with E-state index < -0.39 is 10.4 Å². The average molecular weight is 273 g/mol. The molecule has 0 heterocycles. The molecule has 0 aliphatic heterocycles. The summed E-state index contributed by atoms with van der Waals surface area (Å²) in [6, 6.07) is 7.02. The zero-order chi connectivity index (χ0) is 12.5. The van der Waals surface area contributed by atoms with Crippen LogP contribution >= 0.6 is 23.2 Å². The van der Waals surface area contributed by atoms with Crippen LogP contribution in [0.25, 0.3) is 0 Å². The van der Waals surface area contributed by atoms with Gasteiger partial charge in [-0.05, 0) is 24.3 Å². The minimum Gasteiger partial charge on any atom is -0.264 e. The van der Waals surface area contributed by atoms with Gasteiger partial charge in [-0.3, -0.25) is 9.11 Å². The maximum atomic E-state index is 8.74. The Kier molecular flexibility index (Phi) is 9.25. The van der Waals surface area contributed by atoms with Gasteiger partial charge < -0.3 is 0 Å². The summed E-state index contributed by atoms with van der Waals surface area (Å²) in [5, 5.41) is 13.4. The lowest BCUT2D eigenvalue weighted by Crippen LogP contribution is -1.89. The monoisotopic (exact) mass is 272 g/mol. The Labute approximate surface area is 96.4 Å². The fraction of sp³-hybridized carbons (Fsp3) is 0. The topological polar surface area (TPSA) is 122 Å². The summed E-state index contributed by atoms with van der Waals surface area (Å²) in [7, 11) is -4.67. The summed E-state index contributed by atoms with van der Waals surface area (Å²) in [6.45, 7) is 0. The van der Waals surface area contributed by atoms with Crippen molar-refractivity contribution in [2.75, 3.05) is 0 Å². The molecule has 0 aliphatic rings. The highest BCUT2D eigenvalue weighted by Crippen LogP contribution is 2.12. The van der Waals surface area contributed by atoms with E-state index in [9.17, 15) is 0 Å². The van der Waals surface area contributed by atoms with Gasteiger partial charge >= 0.3 is 10.4 Å². The lowest BCUT2D eigenvalue weighted by molar-refractivity contribution is 0.381. The fourth-order valence-electron chi connectivity index (χ4n) is 0.430. The quantitative estimate of drug-likeness (QED) is 0.552. The lowest BCUT2D eigenvalue weighted by Gasteiger charge is -1.86. The average Bonchev–Trinajstić information content (AvgIpc) is 2.11. The molecule has 0 unspecified atom stereocenters. The number of hydrogen-bond donors (Lipinski definition) is 2. The van der Waals surface area contributed by atoms with Crippen LogP contribution in [0.4, 0.5) is 0 Å². The van der Waals surface area contributed by atoms with Crippen LogP contribution in [0, 0.1) is 10.8 Å². The van der Waals surface area contributed by atoms with Crippen molar-refractivity contribution in [1.82, 2.24) is 0 Å². The first-order valence-corrected chi connectivity index (χ1v) is 5.25. The lowest BCUT2D eigenvalue weighted by atomic mass is 10.4. The molecule has 9 heteroatoms. The third kappa shape index (κ3) is 19.5. The Morgan fingerprint density at radius 1 is 0.933 bits per heavy atom. The molecule has 0 aliphatic carbocycles. The Bertz CT molecular complexity index is 360. The second-order valence-electron chi connectivity index (χ2n) is 1.88. The standard InChI is InChI=1S/C6H4Cl2.N2.H2O4S/c7-5-1-2-6(8)4-3-5;1-2;1-5(2,3)4/h1-4H;;(H2,1,2,3,4).